The summed E-state index contributed by atoms with van der Waals surface area (Å²) in [6.45, 7) is 4.73. The van der Waals surface area contributed by atoms with Crippen molar-refractivity contribution in [3.05, 3.63) is 236 Å². The highest BCUT2D eigenvalue weighted by Crippen LogP contribution is 2.52. The maximum absolute atomic E-state index is 6.31. The van der Waals surface area contributed by atoms with Crippen LogP contribution in [0.4, 0.5) is 17.1 Å². The van der Waals surface area contributed by atoms with Crippen molar-refractivity contribution in [2.75, 3.05) is 4.90 Å². The lowest BCUT2D eigenvalue weighted by molar-refractivity contribution is 0.662. The molecule has 12 rings (SSSR count). The summed E-state index contributed by atoms with van der Waals surface area (Å²) in [5, 5.41) is 4.74. The van der Waals surface area contributed by atoms with E-state index in [4.69, 9.17) is 4.42 Å². The summed E-state index contributed by atoms with van der Waals surface area (Å²) in [6, 6.07) is 81.7. The number of nitrogens with zero attached hydrogens (tertiary/aromatic N) is 1. The molecule has 298 valence electrons. The maximum Gasteiger partial charge on any atom is 0.136 e. The summed E-state index contributed by atoms with van der Waals surface area (Å²) in [7, 11) is 0. The first-order chi connectivity index (χ1) is 31.0. The highest BCUT2D eigenvalue weighted by atomic mass is 16.3. The van der Waals surface area contributed by atoms with Gasteiger partial charge < -0.3 is 9.32 Å². The van der Waals surface area contributed by atoms with E-state index in [2.05, 4.69) is 231 Å². The van der Waals surface area contributed by atoms with E-state index in [0.29, 0.717) is 0 Å². The smallest absolute Gasteiger partial charge is 0.136 e. The number of para-hydroxylation sites is 1. The predicted molar refractivity (Wildman–Crippen MR) is 265 cm³/mol. The lowest BCUT2D eigenvalue weighted by Gasteiger charge is -2.29. The molecule has 1 heterocycles. The summed E-state index contributed by atoms with van der Waals surface area (Å²) in [4.78, 5) is 2.43. The van der Waals surface area contributed by atoms with Crippen LogP contribution in [0.2, 0.25) is 0 Å². The molecule has 1 aliphatic rings. The van der Waals surface area contributed by atoms with Gasteiger partial charge in [0.25, 0.3) is 0 Å². The second kappa shape index (κ2) is 14.6. The van der Waals surface area contributed by atoms with Crippen LogP contribution in [0.25, 0.3) is 88.3 Å². The van der Waals surface area contributed by atoms with E-state index < -0.39 is 0 Å². The van der Waals surface area contributed by atoms with Crippen molar-refractivity contribution < 1.29 is 4.42 Å². The first kappa shape index (κ1) is 36.9. The van der Waals surface area contributed by atoms with Gasteiger partial charge in [0.05, 0.1) is 5.69 Å². The molecule has 1 aliphatic carbocycles. The number of furan rings is 1. The van der Waals surface area contributed by atoms with Gasteiger partial charge in [0.1, 0.15) is 11.2 Å². The zero-order valence-corrected chi connectivity index (χ0v) is 35.2. The largest absolute Gasteiger partial charge is 0.456 e. The van der Waals surface area contributed by atoms with E-state index in [1.807, 2.05) is 12.1 Å². The Labute approximate surface area is 368 Å². The Balaban J connectivity index is 1.02. The topological polar surface area (TPSA) is 16.4 Å². The van der Waals surface area contributed by atoms with Crippen molar-refractivity contribution in [3.63, 3.8) is 0 Å². The Kier molecular flexibility index (Phi) is 8.55. The summed E-state index contributed by atoms with van der Waals surface area (Å²) >= 11 is 0. The lowest BCUT2D eigenvalue weighted by atomic mass is 9.79. The molecule has 0 aliphatic heterocycles. The quantitative estimate of drug-likeness (QED) is 0.160. The summed E-state index contributed by atoms with van der Waals surface area (Å²) < 4.78 is 6.31. The van der Waals surface area contributed by atoms with Crippen LogP contribution < -0.4 is 4.90 Å². The van der Waals surface area contributed by atoms with Crippen molar-refractivity contribution in [3.8, 4) is 55.6 Å². The third kappa shape index (κ3) is 6.09. The Bertz CT molecular complexity index is 3520. The molecule has 63 heavy (non-hydrogen) atoms. The number of benzene rings is 10. The molecule has 0 N–H and O–H groups in total. The number of fused-ring (bicyclic) bond motifs is 7. The van der Waals surface area contributed by atoms with E-state index >= 15 is 0 Å². The molecule has 11 aromatic rings. The number of hydrogen-bond acceptors (Lipinski definition) is 2. The molecule has 0 unspecified atom stereocenters. The molecule has 0 amide bonds. The Morgan fingerprint density at radius 3 is 1.75 bits per heavy atom. The molecule has 0 saturated carbocycles. The van der Waals surface area contributed by atoms with Crippen molar-refractivity contribution >= 4 is 49.8 Å². The Hall–Kier alpha value is -7.94. The van der Waals surface area contributed by atoms with Gasteiger partial charge in [-0.2, -0.15) is 0 Å². The Morgan fingerprint density at radius 1 is 0.349 bits per heavy atom. The van der Waals surface area contributed by atoms with E-state index in [1.54, 1.807) is 0 Å². The second-order valence-corrected chi connectivity index (χ2v) is 17.3. The van der Waals surface area contributed by atoms with Crippen LogP contribution in [0.3, 0.4) is 0 Å². The Morgan fingerprint density at radius 2 is 0.921 bits per heavy atom. The van der Waals surface area contributed by atoms with Crippen molar-refractivity contribution in [2.24, 2.45) is 0 Å². The summed E-state index contributed by atoms with van der Waals surface area (Å²) in [5.41, 5.74) is 19.8. The van der Waals surface area contributed by atoms with Gasteiger partial charge in [-0.05, 0) is 121 Å². The molecular weight excluding hydrogens is 763 g/mol. The van der Waals surface area contributed by atoms with Gasteiger partial charge in [-0.15, -0.1) is 0 Å². The molecule has 2 nitrogen and oxygen atoms in total. The van der Waals surface area contributed by atoms with Gasteiger partial charge in [0.15, 0.2) is 0 Å². The summed E-state index contributed by atoms with van der Waals surface area (Å²) in [6.07, 6.45) is 0. The van der Waals surface area contributed by atoms with Crippen LogP contribution in [-0.2, 0) is 5.41 Å². The molecule has 0 fully saturated rings. The van der Waals surface area contributed by atoms with Gasteiger partial charge >= 0.3 is 0 Å². The monoisotopic (exact) mass is 805 g/mol. The average molecular weight is 806 g/mol. The fourth-order valence-electron chi connectivity index (χ4n) is 10.2. The molecule has 0 saturated heterocycles. The molecule has 0 bridgehead atoms. The third-order valence-corrected chi connectivity index (χ3v) is 13.3. The lowest BCUT2D eigenvalue weighted by Crippen LogP contribution is -2.16. The molecule has 0 atom stereocenters. The number of rotatable bonds is 7. The molecule has 0 spiro atoms. The standard InChI is InChI=1S/C61H43NO/c1-61(2)56-24-10-8-19-52(56)55-23-13-22-51(60(55)61)43-28-34-47(35-29-43)62(46-32-26-40(27-33-46)44-30-37-54-53-20-9-11-25-58(53)63-59(54)39-44)57-38-45(31-36-50(57)42-14-4-3-5-15-42)49-21-12-17-41-16-6-7-18-48(41)49/h3-39H,1-2H3. The molecule has 2 heteroatoms. The SMILES string of the molecule is CC1(C)c2ccccc2-c2cccc(-c3ccc(N(c4ccc(-c5ccc6c(c5)oc5ccccc56)cc4)c4cc(-c5cccc6ccccc56)ccc4-c4ccccc4)cc3)c21. The summed E-state index contributed by atoms with van der Waals surface area (Å²) in [5.74, 6) is 0. The van der Waals surface area contributed by atoms with Crippen molar-refractivity contribution in [1.82, 2.24) is 0 Å². The first-order valence-electron chi connectivity index (χ1n) is 21.8. The van der Waals surface area contributed by atoms with Gasteiger partial charge in [-0.3, -0.25) is 0 Å². The van der Waals surface area contributed by atoms with Gasteiger partial charge in [0.2, 0.25) is 0 Å². The molecule has 1 aromatic heterocycles. The predicted octanol–water partition coefficient (Wildman–Crippen LogP) is 17.2. The van der Waals surface area contributed by atoms with Crippen LogP contribution in [0, 0.1) is 0 Å². The van der Waals surface area contributed by atoms with E-state index in [9.17, 15) is 0 Å². The second-order valence-electron chi connectivity index (χ2n) is 17.3. The van der Waals surface area contributed by atoms with Gasteiger partial charge in [0, 0.05) is 33.1 Å². The zero-order valence-electron chi connectivity index (χ0n) is 35.2. The highest BCUT2D eigenvalue weighted by molar-refractivity contribution is 6.06. The number of anilines is 3. The van der Waals surface area contributed by atoms with Crippen LogP contribution in [0.1, 0.15) is 25.0 Å². The van der Waals surface area contributed by atoms with Crippen LogP contribution in [0.15, 0.2) is 229 Å². The van der Waals surface area contributed by atoms with Crippen molar-refractivity contribution in [2.45, 2.75) is 19.3 Å². The fourth-order valence-corrected chi connectivity index (χ4v) is 10.2. The van der Waals surface area contributed by atoms with Crippen LogP contribution in [0.5, 0.6) is 0 Å². The molecular formula is C61H43NO. The fraction of sp³-hybridized carbons (Fsp3) is 0.0492. The number of hydrogen-bond donors (Lipinski definition) is 0. The average Bonchev–Trinajstić information content (AvgIpc) is 3.83. The molecule has 0 radical (unpaired) electrons. The van der Waals surface area contributed by atoms with Crippen LogP contribution >= 0.6 is 0 Å². The van der Waals surface area contributed by atoms with E-state index in [1.165, 1.54) is 55.3 Å². The zero-order chi connectivity index (χ0) is 42.1. The normalized spacial score (nSPS) is 12.7. The minimum atomic E-state index is -0.115. The first-order valence-corrected chi connectivity index (χ1v) is 21.8. The van der Waals surface area contributed by atoms with Gasteiger partial charge in [-0.1, -0.05) is 190 Å². The third-order valence-electron chi connectivity index (χ3n) is 13.3. The minimum absolute atomic E-state index is 0.115. The van der Waals surface area contributed by atoms with E-state index in [-0.39, 0.29) is 5.41 Å². The van der Waals surface area contributed by atoms with Gasteiger partial charge in [-0.25, -0.2) is 0 Å². The van der Waals surface area contributed by atoms with Crippen molar-refractivity contribution in [1.29, 1.82) is 0 Å². The highest BCUT2D eigenvalue weighted by Gasteiger charge is 2.37. The maximum atomic E-state index is 6.31. The van der Waals surface area contributed by atoms with Crippen LogP contribution in [-0.4, -0.2) is 0 Å². The molecule has 10 aromatic carbocycles. The minimum Gasteiger partial charge on any atom is -0.456 e. The van der Waals surface area contributed by atoms with E-state index in [0.717, 1.165) is 61.3 Å².